The molecule has 6 nitrogen and oxygen atoms in total. The van der Waals surface area contributed by atoms with E-state index in [-0.39, 0.29) is 23.1 Å². The number of hydrogen-bond donors (Lipinski definition) is 1. The van der Waals surface area contributed by atoms with Crippen LogP contribution in [0.1, 0.15) is 41.1 Å². The van der Waals surface area contributed by atoms with E-state index in [9.17, 15) is 14.7 Å². The van der Waals surface area contributed by atoms with Gasteiger partial charge in [0, 0.05) is 25.2 Å². The molecule has 0 aliphatic carbocycles. The number of benzene rings is 1. The van der Waals surface area contributed by atoms with Crippen LogP contribution >= 0.6 is 0 Å². The number of rotatable bonds is 3. The van der Waals surface area contributed by atoms with Crippen molar-refractivity contribution in [3.8, 4) is 0 Å². The highest BCUT2D eigenvalue weighted by Gasteiger charge is 2.47. The van der Waals surface area contributed by atoms with E-state index in [1.165, 1.54) is 12.1 Å². The van der Waals surface area contributed by atoms with Gasteiger partial charge in [0.05, 0.1) is 6.04 Å². The van der Waals surface area contributed by atoms with Crippen LogP contribution in [0.15, 0.2) is 51.7 Å². The summed E-state index contributed by atoms with van der Waals surface area (Å²) >= 11 is 0. The quantitative estimate of drug-likeness (QED) is 0.881. The summed E-state index contributed by atoms with van der Waals surface area (Å²) in [5.74, 6) is 0.195. The number of amides is 1. The molecular formula is C22H26N2O4. The molecule has 0 saturated carbocycles. The van der Waals surface area contributed by atoms with E-state index in [2.05, 4.69) is 4.90 Å². The molecule has 2 aliphatic rings. The molecule has 0 radical (unpaired) electrons. The van der Waals surface area contributed by atoms with Crippen LogP contribution in [0.4, 0.5) is 0 Å². The van der Waals surface area contributed by atoms with Crippen molar-refractivity contribution in [2.24, 2.45) is 0 Å². The summed E-state index contributed by atoms with van der Waals surface area (Å²) in [4.78, 5) is 28.8. The molecule has 6 heteroatoms. The Morgan fingerprint density at radius 1 is 1.14 bits per heavy atom. The van der Waals surface area contributed by atoms with Crippen molar-refractivity contribution >= 4 is 5.91 Å². The van der Waals surface area contributed by atoms with Gasteiger partial charge in [0.25, 0.3) is 5.91 Å². The molecule has 1 aromatic heterocycles. The van der Waals surface area contributed by atoms with Gasteiger partial charge in [-0.1, -0.05) is 30.3 Å². The van der Waals surface area contributed by atoms with Crippen molar-refractivity contribution in [1.29, 1.82) is 0 Å². The molecule has 1 amide bonds. The van der Waals surface area contributed by atoms with Gasteiger partial charge >= 0.3 is 0 Å². The number of hydrogen-bond acceptors (Lipinski definition) is 5. The molecule has 3 heterocycles. The summed E-state index contributed by atoms with van der Waals surface area (Å²) in [6, 6.07) is 12.2. The van der Waals surface area contributed by atoms with Gasteiger partial charge in [0.15, 0.2) is 11.2 Å². The number of piperidine rings is 1. The van der Waals surface area contributed by atoms with Crippen molar-refractivity contribution in [1.82, 2.24) is 9.80 Å². The van der Waals surface area contributed by atoms with E-state index in [1.54, 1.807) is 11.8 Å². The highest BCUT2D eigenvalue weighted by Crippen LogP contribution is 2.37. The van der Waals surface area contributed by atoms with Crippen molar-refractivity contribution in [3.05, 3.63) is 69.8 Å². The number of aryl methyl sites for hydroxylation is 1. The van der Waals surface area contributed by atoms with E-state index < -0.39 is 5.60 Å². The lowest BCUT2D eigenvalue weighted by molar-refractivity contribution is -0.0881. The Hall–Kier alpha value is -2.44. The highest BCUT2D eigenvalue weighted by atomic mass is 16.3. The summed E-state index contributed by atoms with van der Waals surface area (Å²) in [7, 11) is 0. The molecule has 2 atom stereocenters. The molecule has 1 N–H and O–H groups in total. The summed E-state index contributed by atoms with van der Waals surface area (Å²) in [5, 5.41) is 11.7. The molecule has 2 saturated heterocycles. The molecule has 0 unspecified atom stereocenters. The normalized spacial score (nSPS) is 25.8. The second-order valence-electron chi connectivity index (χ2n) is 7.82. The zero-order chi connectivity index (χ0) is 19.7. The predicted octanol–water partition coefficient (Wildman–Crippen LogP) is 2.15. The van der Waals surface area contributed by atoms with E-state index in [0.29, 0.717) is 25.3 Å². The Kier molecular flexibility index (Phi) is 5.08. The van der Waals surface area contributed by atoms with Gasteiger partial charge in [0.1, 0.15) is 11.4 Å². The number of likely N-dealkylation sites (tertiary alicyclic amines) is 2. The van der Waals surface area contributed by atoms with Crippen LogP contribution in [-0.4, -0.2) is 53.0 Å². The second-order valence-corrected chi connectivity index (χ2v) is 7.82. The molecule has 28 heavy (non-hydrogen) atoms. The minimum Gasteiger partial charge on any atom is -0.456 e. The van der Waals surface area contributed by atoms with Gasteiger partial charge in [-0.25, -0.2) is 0 Å². The summed E-state index contributed by atoms with van der Waals surface area (Å²) in [5.41, 5.74) is -0.349. The fourth-order valence-corrected chi connectivity index (χ4v) is 4.51. The Labute approximate surface area is 164 Å². The third-order valence-corrected chi connectivity index (χ3v) is 5.95. The van der Waals surface area contributed by atoms with E-state index in [4.69, 9.17) is 4.42 Å². The van der Waals surface area contributed by atoms with Crippen LogP contribution in [0.5, 0.6) is 0 Å². The maximum absolute atomic E-state index is 13.0. The molecule has 0 spiro atoms. The minimum atomic E-state index is -1.00. The van der Waals surface area contributed by atoms with Gasteiger partial charge in [-0.2, -0.15) is 0 Å². The van der Waals surface area contributed by atoms with Crippen LogP contribution in [-0.2, 0) is 5.60 Å². The average Bonchev–Trinajstić information content (AvgIpc) is 3.22. The maximum atomic E-state index is 13.0. The molecule has 2 aliphatic heterocycles. The van der Waals surface area contributed by atoms with Crippen LogP contribution < -0.4 is 5.43 Å². The molecule has 4 rings (SSSR count). The van der Waals surface area contributed by atoms with Gasteiger partial charge in [-0.15, -0.1) is 0 Å². The van der Waals surface area contributed by atoms with Crippen molar-refractivity contribution < 1.29 is 14.3 Å². The SMILES string of the molecule is Cc1cc(=O)cc(C(=O)N2CC[C@](O)(c3ccccc3)[C@H](N3CCCC3)C2)o1. The average molecular weight is 382 g/mol. The summed E-state index contributed by atoms with van der Waals surface area (Å²) in [6.45, 7) is 4.31. The second kappa shape index (κ2) is 7.53. The standard InChI is InChI=1S/C22H26N2O4/c1-16-13-18(25)14-19(28-16)21(26)24-12-9-22(27,17-7-3-2-4-8-17)20(15-24)23-10-5-6-11-23/h2-4,7-8,13-14,20,27H,5-6,9-12,15H2,1H3/t20-,22+/m1/s1. The predicted molar refractivity (Wildman–Crippen MR) is 105 cm³/mol. The van der Waals surface area contributed by atoms with Crippen molar-refractivity contribution in [2.45, 2.75) is 37.8 Å². The Morgan fingerprint density at radius 2 is 1.86 bits per heavy atom. The molecule has 2 fully saturated rings. The van der Waals surface area contributed by atoms with Crippen LogP contribution in [0.25, 0.3) is 0 Å². The third-order valence-electron chi connectivity index (χ3n) is 5.95. The van der Waals surface area contributed by atoms with Gasteiger partial charge in [-0.05, 0) is 44.8 Å². The van der Waals surface area contributed by atoms with Gasteiger partial charge in [0.2, 0.25) is 0 Å². The molecule has 1 aromatic carbocycles. The van der Waals surface area contributed by atoms with Crippen molar-refractivity contribution in [3.63, 3.8) is 0 Å². The van der Waals surface area contributed by atoms with Gasteiger partial charge < -0.3 is 14.4 Å². The highest BCUT2D eigenvalue weighted by molar-refractivity contribution is 5.91. The zero-order valence-corrected chi connectivity index (χ0v) is 16.1. The Morgan fingerprint density at radius 3 is 2.54 bits per heavy atom. The third kappa shape index (κ3) is 3.50. The lowest BCUT2D eigenvalue weighted by Gasteiger charge is -2.48. The number of nitrogens with zero attached hydrogens (tertiary/aromatic N) is 2. The first-order valence-corrected chi connectivity index (χ1v) is 9.90. The lowest BCUT2D eigenvalue weighted by Crippen LogP contribution is -2.61. The largest absolute Gasteiger partial charge is 0.456 e. The number of carbonyl (C=O) groups is 1. The lowest BCUT2D eigenvalue weighted by atomic mass is 9.79. The zero-order valence-electron chi connectivity index (χ0n) is 16.1. The monoisotopic (exact) mass is 382 g/mol. The molecular weight excluding hydrogens is 356 g/mol. The van der Waals surface area contributed by atoms with Crippen LogP contribution in [0.2, 0.25) is 0 Å². The van der Waals surface area contributed by atoms with E-state index in [0.717, 1.165) is 31.5 Å². The maximum Gasteiger partial charge on any atom is 0.289 e. The summed E-state index contributed by atoms with van der Waals surface area (Å²) in [6.07, 6.45) is 2.64. The Balaban J connectivity index is 1.64. The molecule has 0 bridgehead atoms. The van der Waals surface area contributed by atoms with Crippen molar-refractivity contribution in [2.75, 3.05) is 26.2 Å². The summed E-state index contributed by atoms with van der Waals surface area (Å²) < 4.78 is 5.50. The molecule has 148 valence electrons. The fraction of sp³-hybridized carbons (Fsp3) is 0.455. The van der Waals surface area contributed by atoms with E-state index in [1.807, 2.05) is 30.3 Å². The first kappa shape index (κ1) is 18.9. The van der Waals surface area contributed by atoms with Gasteiger partial charge in [-0.3, -0.25) is 14.5 Å². The fourth-order valence-electron chi connectivity index (χ4n) is 4.51. The Bertz CT molecular complexity index is 904. The number of aliphatic hydroxyl groups is 1. The topological polar surface area (TPSA) is 74.0 Å². The minimum absolute atomic E-state index is 0.0651. The smallest absolute Gasteiger partial charge is 0.289 e. The molecule has 2 aromatic rings. The number of carbonyl (C=O) groups excluding carboxylic acids is 1. The van der Waals surface area contributed by atoms with Crippen LogP contribution in [0, 0.1) is 6.92 Å². The first-order valence-electron chi connectivity index (χ1n) is 9.90. The first-order chi connectivity index (χ1) is 13.5. The van der Waals surface area contributed by atoms with Crippen LogP contribution in [0.3, 0.4) is 0 Å². The van der Waals surface area contributed by atoms with E-state index >= 15 is 0 Å².